The van der Waals surface area contributed by atoms with Gasteiger partial charge in [0.25, 0.3) is 0 Å². The maximum Gasteiger partial charge on any atom is 0.355 e. The van der Waals surface area contributed by atoms with E-state index in [0.29, 0.717) is 24.4 Å². The smallest absolute Gasteiger partial charge is 0.355 e. The Labute approximate surface area is 186 Å². The fourth-order valence-corrected chi connectivity index (χ4v) is 3.63. The van der Waals surface area contributed by atoms with Crippen LogP contribution in [0.1, 0.15) is 33.3 Å². The minimum Gasteiger partial charge on any atom is -0.494 e. The van der Waals surface area contributed by atoms with Gasteiger partial charge in [0.1, 0.15) is 11.8 Å². The van der Waals surface area contributed by atoms with Gasteiger partial charge < -0.3 is 19.5 Å². The molecule has 166 valence electrons. The molecule has 1 heterocycles. The van der Waals surface area contributed by atoms with Gasteiger partial charge in [-0.15, -0.1) is 0 Å². The number of nitriles is 1. The highest BCUT2D eigenvalue weighted by atomic mass is 16.7. The molecule has 32 heavy (non-hydrogen) atoms. The molecular formula is C24H26N4O4. The normalized spacial score (nSPS) is 10.5. The molecular weight excluding hydrogens is 408 g/mol. The highest BCUT2D eigenvalue weighted by Gasteiger charge is 2.19. The summed E-state index contributed by atoms with van der Waals surface area (Å²) in [6.45, 7) is 8.36. The topological polar surface area (TPSA) is 96.6 Å². The van der Waals surface area contributed by atoms with Crippen LogP contribution in [0.15, 0.2) is 42.5 Å². The summed E-state index contributed by atoms with van der Waals surface area (Å²) >= 11 is 0. The van der Waals surface area contributed by atoms with Crippen molar-refractivity contribution in [3.05, 3.63) is 48.0 Å². The van der Waals surface area contributed by atoms with Crippen LogP contribution in [0.4, 0.5) is 10.5 Å². The van der Waals surface area contributed by atoms with Crippen LogP contribution in [-0.4, -0.2) is 34.8 Å². The molecule has 0 bridgehead atoms. The second-order valence-electron chi connectivity index (χ2n) is 6.98. The number of hydrogen-bond donors (Lipinski definition) is 1. The number of hydrogen-bond acceptors (Lipinski definition) is 5. The number of aromatic nitrogens is 1. The predicted octanol–water partition coefficient (Wildman–Crippen LogP) is 4.93. The van der Waals surface area contributed by atoms with Gasteiger partial charge in [-0.3, -0.25) is 4.79 Å². The lowest BCUT2D eigenvalue weighted by Crippen LogP contribution is -2.36. The molecule has 0 fully saturated rings. The van der Waals surface area contributed by atoms with Crippen molar-refractivity contribution in [2.45, 2.75) is 34.2 Å². The van der Waals surface area contributed by atoms with Crippen LogP contribution in [0.5, 0.6) is 5.75 Å². The van der Waals surface area contributed by atoms with E-state index in [2.05, 4.69) is 16.0 Å². The maximum atomic E-state index is 12.3. The third-order valence-corrected chi connectivity index (χ3v) is 4.94. The molecule has 3 rings (SSSR count). The first-order valence-electron chi connectivity index (χ1n) is 10.5. The van der Waals surface area contributed by atoms with E-state index in [1.165, 1.54) is 6.92 Å². The molecule has 0 atom stereocenters. The number of amides is 2. The van der Waals surface area contributed by atoms with E-state index in [0.717, 1.165) is 33.0 Å². The Kier molecular flexibility index (Phi) is 7.00. The summed E-state index contributed by atoms with van der Waals surface area (Å²) in [6.07, 6.45) is 0. The third-order valence-electron chi connectivity index (χ3n) is 4.94. The number of nitrogens with one attached hydrogen (secondary N) is 1. The van der Waals surface area contributed by atoms with Crippen LogP contribution in [0.3, 0.4) is 0 Å². The Hall–Kier alpha value is -3.99. The van der Waals surface area contributed by atoms with Crippen molar-refractivity contribution in [3.63, 3.8) is 0 Å². The van der Waals surface area contributed by atoms with Crippen LogP contribution in [0.2, 0.25) is 0 Å². The van der Waals surface area contributed by atoms with Crippen molar-refractivity contribution < 1.29 is 19.2 Å². The van der Waals surface area contributed by atoms with E-state index in [4.69, 9.17) is 9.57 Å². The van der Waals surface area contributed by atoms with E-state index in [1.807, 2.05) is 44.2 Å². The molecule has 0 aliphatic heterocycles. The van der Waals surface area contributed by atoms with Gasteiger partial charge in [0.15, 0.2) is 0 Å². The fourth-order valence-electron chi connectivity index (χ4n) is 3.63. The number of ether oxygens (including phenoxy) is 1. The Bertz CT molecular complexity index is 1180. The lowest BCUT2D eigenvalue weighted by atomic mass is 10.1. The largest absolute Gasteiger partial charge is 0.494 e. The fraction of sp³-hybridized carbons (Fsp3) is 0.292. The molecule has 1 aromatic heterocycles. The van der Waals surface area contributed by atoms with Gasteiger partial charge >= 0.3 is 12.0 Å². The molecule has 0 saturated heterocycles. The first-order chi connectivity index (χ1) is 15.4. The predicted molar refractivity (Wildman–Crippen MR) is 122 cm³/mol. The Morgan fingerprint density at radius 1 is 1.12 bits per heavy atom. The summed E-state index contributed by atoms with van der Waals surface area (Å²) in [5, 5.41) is 14.4. The zero-order valence-electron chi connectivity index (χ0n) is 18.6. The van der Waals surface area contributed by atoms with Gasteiger partial charge in [-0.05, 0) is 50.6 Å². The van der Waals surface area contributed by atoms with Gasteiger partial charge in [0.2, 0.25) is 0 Å². The molecule has 0 radical (unpaired) electrons. The van der Waals surface area contributed by atoms with Crippen molar-refractivity contribution in [3.8, 4) is 23.1 Å². The highest BCUT2D eigenvalue weighted by Crippen LogP contribution is 2.35. The van der Waals surface area contributed by atoms with Gasteiger partial charge in [0.05, 0.1) is 29.9 Å². The van der Waals surface area contributed by atoms with E-state index < -0.39 is 12.0 Å². The second-order valence-corrected chi connectivity index (χ2v) is 6.98. The lowest BCUT2D eigenvalue weighted by molar-refractivity contribution is -0.172. The third kappa shape index (κ3) is 4.52. The van der Waals surface area contributed by atoms with Gasteiger partial charge in [-0.1, -0.05) is 12.1 Å². The number of hydroxylamine groups is 2. The molecule has 1 N–H and O–H groups in total. The number of aryl methyl sites for hydroxylation is 1. The van der Waals surface area contributed by atoms with Gasteiger partial charge in [0, 0.05) is 30.6 Å². The number of rotatable bonds is 6. The lowest BCUT2D eigenvalue weighted by Gasteiger charge is -2.19. The Morgan fingerprint density at radius 3 is 2.41 bits per heavy atom. The second kappa shape index (κ2) is 9.88. The molecule has 0 aliphatic carbocycles. The van der Waals surface area contributed by atoms with Crippen molar-refractivity contribution in [1.29, 1.82) is 5.26 Å². The molecule has 0 spiro atoms. The average Bonchev–Trinajstić information content (AvgIpc) is 3.10. The number of fused-ring (bicyclic) bond motifs is 1. The van der Waals surface area contributed by atoms with Crippen LogP contribution >= 0.6 is 0 Å². The Morgan fingerprint density at radius 2 is 1.84 bits per heavy atom. The number of carbonyl (C=O) groups excluding carboxylic acids is 2. The summed E-state index contributed by atoms with van der Waals surface area (Å²) in [5.74, 6) is 0.191. The van der Waals surface area contributed by atoms with E-state index in [-0.39, 0.29) is 6.54 Å². The van der Waals surface area contributed by atoms with Crippen molar-refractivity contribution in [1.82, 2.24) is 9.63 Å². The maximum absolute atomic E-state index is 12.3. The monoisotopic (exact) mass is 434 g/mol. The summed E-state index contributed by atoms with van der Waals surface area (Å²) < 4.78 is 7.72. The van der Waals surface area contributed by atoms with Crippen molar-refractivity contribution in [2.75, 3.05) is 18.5 Å². The van der Waals surface area contributed by atoms with Crippen LogP contribution in [0, 0.1) is 11.3 Å². The SMILES string of the molecule is CCOc1ccc2c(C#N)c(-c3ccc(NC(=O)N(CC)OC(C)=O)cc3)n(CC)c2c1. The molecule has 8 nitrogen and oxygen atoms in total. The number of urea groups is 1. The molecule has 0 saturated carbocycles. The zero-order chi connectivity index (χ0) is 23.3. The van der Waals surface area contributed by atoms with E-state index in [9.17, 15) is 14.9 Å². The summed E-state index contributed by atoms with van der Waals surface area (Å²) in [7, 11) is 0. The number of carbonyl (C=O) groups is 2. The standard InChI is InChI=1S/C24H26N4O4/c1-5-27-22-14-19(31-7-3)12-13-20(22)21(15-25)23(27)17-8-10-18(11-9-17)26-24(30)28(6-2)32-16(4)29/h8-14H,5-7H2,1-4H3,(H,26,30). The van der Waals surface area contributed by atoms with Crippen LogP contribution in [-0.2, 0) is 16.2 Å². The number of nitrogens with zero attached hydrogens (tertiary/aromatic N) is 3. The van der Waals surface area contributed by atoms with E-state index >= 15 is 0 Å². The number of benzene rings is 2. The first kappa shape index (κ1) is 22.7. The molecule has 0 aliphatic rings. The molecule has 3 aromatic rings. The van der Waals surface area contributed by atoms with Crippen molar-refractivity contribution >= 4 is 28.6 Å². The Balaban J connectivity index is 1.96. The molecule has 8 heteroatoms. The highest BCUT2D eigenvalue weighted by molar-refractivity contribution is 5.96. The summed E-state index contributed by atoms with van der Waals surface area (Å²) in [4.78, 5) is 28.3. The molecule has 2 amide bonds. The number of anilines is 1. The van der Waals surface area contributed by atoms with Crippen LogP contribution < -0.4 is 10.1 Å². The van der Waals surface area contributed by atoms with Crippen LogP contribution in [0.25, 0.3) is 22.2 Å². The van der Waals surface area contributed by atoms with E-state index in [1.54, 1.807) is 19.1 Å². The van der Waals surface area contributed by atoms with Gasteiger partial charge in [-0.2, -0.15) is 10.3 Å². The minimum atomic E-state index is -0.568. The summed E-state index contributed by atoms with van der Waals surface area (Å²) in [5.41, 5.74) is 3.73. The zero-order valence-corrected chi connectivity index (χ0v) is 18.6. The average molecular weight is 434 g/mol. The first-order valence-corrected chi connectivity index (χ1v) is 10.5. The quantitative estimate of drug-likeness (QED) is 0.555. The summed E-state index contributed by atoms with van der Waals surface area (Å²) in [6, 6.07) is 14.7. The molecule has 0 unspecified atom stereocenters. The van der Waals surface area contributed by atoms with Gasteiger partial charge in [-0.25, -0.2) is 4.79 Å². The molecule has 2 aromatic carbocycles. The minimum absolute atomic E-state index is 0.218. The van der Waals surface area contributed by atoms with Crippen molar-refractivity contribution in [2.24, 2.45) is 0 Å².